The zero-order chi connectivity index (χ0) is 20.2. The van der Waals surface area contributed by atoms with Crippen LogP contribution in [0.2, 0.25) is 18.1 Å². The molecule has 0 fully saturated rings. The third kappa shape index (κ3) is 6.53. The second kappa shape index (κ2) is 9.07. The highest BCUT2D eigenvalue weighted by atomic mass is 32.2. The van der Waals surface area contributed by atoms with Gasteiger partial charge in [0.2, 0.25) is 0 Å². The Morgan fingerprint density at radius 3 is 2.38 bits per heavy atom. The van der Waals surface area contributed by atoms with Gasteiger partial charge in [-0.05, 0) is 56.7 Å². The van der Waals surface area contributed by atoms with Gasteiger partial charge >= 0.3 is 5.97 Å². The SMILES string of the molecule is COC(=O)C(C)(C)CCCCSC1=CC(O[Si](C)(C)C(C)(C)C)CC1=O. The van der Waals surface area contributed by atoms with Gasteiger partial charge in [0, 0.05) is 11.3 Å². The van der Waals surface area contributed by atoms with Crippen molar-refractivity contribution in [3.63, 3.8) is 0 Å². The first kappa shape index (κ1) is 23.4. The van der Waals surface area contributed by atoms with Crippen LogP contribution >= 0.6 is 11.8 Å². The van der Waals surface area contributed by atoms with Crippen LogP contribution in [0.25, 0.3) is 0 Å². The van der Waals surface area contributed by atoms with E-state index in [1.54, 1.807) is 11.8 Å². The van der Waals surface area contributed by atoms with E-state index in [0.29, 0.717) is 6.42 Å². The fraction of sp³-hybridized carbons (Fsp3) is 0.800. The van der Waals surface area contributed by atoms with E-state index in [1.165, 1.54) is 7.11 Å². The molecular weight excluding hydrogens is 364 g/mol. The molecule has 0 aromatic heterocycles. The Kier molecular flexibility index (Phi) is 8.17. The summed E-state index contributed by atoms with van der Waals surface area (Å²) in [7, 11) is -0.427. The Morgan fingerprint density at radius 2 is 1.85 bits per heavy atom. The van der Waals surface area contributed by atoms with E-state index in [0.717, 1.165) is 29.9 Å². The molecule has 0 aliphatic heterocycles. The molecule has 0 bridgehead atoms. The summed E-state index contributed by atoms with van der Waals surface area (Å²) in [6.45, 7) is 14.9. The number of ether oxygens (including phenoxy) is 1. The standard InChI is InChI=1S/C20H36O4SSi/c1-19(2,3)26(7,8)24-15-13-16(21)17(14-15)25-12-10-9-11-20(4,5)18(22)23-6/h14-15H,9-13H2,1-8H3. The molecule has 1 aliphatic rings. The van der Waals surface area contributed by atoms with Crippen LogP contribution in [0.3, 0.4) is 0 Å². The van der Waals surface area contributed by atoms with Crippen molar-refractivity contribution < 1.29 is 18.8 Å². The normalized spacial score (nSPS) is 18.8. The molecule has 1 rings (SSSR count). The van der Waals surface area contributed by atoms with Gasteiger partial charge in [0.15, 0.2) is 14.1 Å². The number of unbranched alkanes of at least 4 members (excludes halogenated alkanes) is 1. The van der Waals surface area contributed by atoms with Crippen LogP contribution in [0.5, 0.6) is 0 Å². The van der Waals surface area contributed by atoms with Crippen LogP contribution < -0.4 is 0 Å². The summed E-state index contributed by atoms with van der Waals surface area (Å²) in [5, 5.41) is 0.145. The number of hydrogen-bond acceptors (Lipinski definition) is 5. The Labute approximate surface area is 164 Å². The van der Waals surface area contributed by atoms with E-state index in [4.69, 9.17) is 9.16 Å². The van der Waals surface area contributed by atoms with Crippen LogP contribution in [-0.4, -0.2) is 39.0 Å². The molecule has 1 aliphatic carbocycles. The van der Waals surface area contributed by atoms with Gasteiger partial charge in [0.1, 0.15) is 0 Å². The second-order valence-corrected chi connectivity index (χ2v) is 15.1. The molecule has 4 nitrogen and oxygen atoms in total. The van der Waals surface area contributed by atoms with Gasteiger partial charge in [0.25, 0.3) is 0 Å². The maximum absolute atomic E-state index is 12.3. The molecule has 0 amide bonds. The first-order valence-electron chi connectivity index (χ1n) is 9.44. The summed E-state index contributed by atoms with van der Waals surface area (Å²) >= 11 is 1.62. The second-order valence-electron chi connectivity index (χ2n) is 9.26. The van der Waals surface area contributed by atoms with E-state index < -0.39 is 13.7 Å². The Bertz CT molecular complexity index is 547. The monoisotopic (exact) mass is 400 g/mol. The number of carbonyl (C=O) groups is 2. The number of esters is 1. The summed E-state index contributed by atoms with van der Waals surface area (Å²) in [6.07, 6.45) is 5.15. The number of Topliss-reactive ketones (excluding diaryl/α,β-unsaturated/α-hetero) is 1. The third-order valence-corrected chi connectivity index (χ3v) is 11.1. The topological polar surface area (TPSA) is 52.6 Å². The highest BCUT2D eigenvalue weighted by Gasteiger charge is 2.40. The lowest BCUT2D eigenvalue weighted by Crippen LogP contribution is -2.43. The van der Waals surface area contributed by atoms with Gasteiger partial charge in [0.05, 0.1) is 18.6 Å². The first-order valence-corrected chi connectivity index (χ1v) is 13.3. The van der Waals surface area contributed by atoms with E-state index >= 15 is 0 Å². The lowest BCUT2D eigenvalue weighted by Gasteiger charge is -2.37. The fourth-order valence-electron chi connectivity index (χ4n) is 2.59. The van der Waals surface area contributed by atoms with Crippen LogP contribution in [0.15, 0.2) is 11.0 Å². The average molecular weight is 401 g/mol. The maximum atomic E-state index is 12.3. The predicted molar refractivity (Wildman–Crippen MR) is 112 cm³/mol. The number of hydrogen-bond donors (Lipinski definition) is 0. The van der Waals surface area contributed by atoms with Crippen molar-refractivity contribution in [2.24, 2.45) is 5.41 Å². The van der Waals surface area contributed by atoms with Crippen LogP contribution in [0.1, 0.15) is 60.3 Å². The van der Waals surface area contributed by atoms with Crippen LogP contribution in [0.4, 0.5) is 0 Å². The first-order chi connectivity index (χ1) is 11.8. The van der Waals surface area contributed by atoms with Crippen molar-refractivity contribution in [3.05, 3.63) is 11.0 Å². The van der Waals surface area contributed by atoms with Crippen molar-refractivity contribution in [2.75, 3.05) is 12.9 Å². The molecule has 0 heterocycles. The van der Waals surface area contributed by atoms with Gasteiger partial charge < -0.3 is 9.16 Å². The molecule has 26 heavy (non-hydrogen) atoms. The number of ketones is 1. The van der Waals surface area contributed by atoms with Crippen molar-refractivity contribution in [1.82, 2.24) is 0 Å². The van der Waals surface area contributed by atoms with E-state index in [9.17, 15) is 9.59 Å². The van der Waals surface area contributed by atoms with Crippen molar-refractivity contribution >= 4 is 31.8 Å². The van der Waals surface area contributed by atoms with E-state index in [2.05, 4.69) is 33.9 Å². The summed E-state index contributed by atoms with van der Waals surface area (Å²) < 4.78 is 11.2. The minimum atomic E-state index is -1.86. The average Bonchev–Trinajstić information content (AvgIpc) is 2.83. The highest BCUT2D eigenvalue weighted by molar-refractivity contribution is 8.04. The van der Waals surface area contributed by atoms with Gasteiger partial charge in [-0.3, -0.25) is 9.59 Å². The largest absolute Gasteiger partial charge is 0.469 e. The molecule has 1 unspecified atom stereocenters. The number of rotatable bonds is 9. The molecule has 6 heteroatoms. The summed E-state index contributed by atoms with van der Waals surface area (Å²) in [5.41, 5.74) is -0.441. The molecular formula is C20H36O4SSi. The quantitative estimate of drug-likeness (QED) is 0.297. The van der Waals surface area contributed by atoms with Crippen LogP contribution in [-0.2, 0) is 18.8 Å². The lowest BCUT2D eigenvalue weighted by molar-refractivity contribution is -0.151. The Balaban J connectivity index is 2.44. The van der Waals surface area contributed by atoms with Crippen molar-refractivity contribution in [1.29, 1.82) is 0 Å². The van der Waals surface area contributed by atoms with E-state index in [-0.39, 0.29) is 22.9 Å². The highest BCUT2D eigenvalue weighted by Crippen LogP contribution is 2.39. The molecule has 0 aromatic rings. The summed E-state index contributed by atoms with van der Waals surface area (Å²) in [5.74, 6) is 0.930. The smallest absolute Gasteiger partial charge is 0.311 e. The predicted octanol–water partition coefficient (Wildman–Crippen LogP) is 5.34. The molecule has 0 radical (unpaired) electrons. The maximum Gasteiger partial charge on any atom is 0.311 e. The lowest BCUT2D eigenvalue weighted by atomic mass is 9.87. The van der Waals surface area contributed by atoms with Crippen LogP contribution in [0, 0.1) is 5.41 Å². The Hall–Kier alpha value is -0.593. The minimum Gasteiger partial charge on any atom is -0.469 e. The molecule has 1 atom stereocenters. The number of thioether (sulfide) groups is 1. The zero-order valence-electron chi connectivity index (χ0n) is 17.7. The molecule has 0 spiro atoms. The zero-order valence-corrected chi connectivity index (χ0v) is 19.5. The number of carbonyl (C=O) groups excluding carboxylic acids is 2. The number of allylic oxidation sites excluding steroid dienone is 1. The summed E-state index contributed by atoms with van der Waals surface area (Å²) in [6, 6.07) is 0. The van der Waals surface area contributed by atoms with Gasteiger partial charge in [-0.15, -0.1) is 11.8 Å². The van der Waals surface area contributed by atoms with Crippen molar-refractivity contribution in [3.8, 4) is 0 Å². The Morgan fingerprint density at radius 1 is 1.23 bits per heavy atom. The van der Waals surface area contributed by atoms with Gasteiger partial charge in [-0.2, -0.15) is 0 Å². The molecule has 150 valence electrons. The van der Waals surface area contributed by atoms with Crippen molar-refractivity contribution in [2.45, 2.75) is 84.5 Å². The van der Waals surface area contributed by atoms with Gasteiger partial charge in [-0.1, -0.05) is 27.2 Å². The molecule has 0 saturated heterocycles. The minimum absolute atomic E-state index is 0.0656. The van der Waals surface area contributed by atoms with E-state index in [1.807, 2.05) is 19.9 Å². The fourth-order valence-corrected chi connectivity index (χ4v) is 4.92. The van der Waals surface area contributed by atoms with Gasteiger partial charge in [-0.25, -0.2) is 0 Å². The third-order valence-electron chi connectivity index (χ3n) is 5.44. The molecule has 0 aromatic carbocycles. The summed E-state index contributed by atoms with van der Waals surface area (Å²) in [4.78, 5) is 24.8. The molecule has 0 N–H and O–H groups in total. The number of methoxy groups -OCH3 is 1. The molecule has 0 saturated carbocycles.